The number of aryl methyl sites for hydroxylation is 1. The molecule has 20 heavy (non-hydrogen) atoms. The van der Waals surface area contributed by atoms with Gasteiger partial charge in [-0.1, -0.05) is 6.07 Å². The Morgan fingerprint density at radius 3 is 2.65 bits per heavy atom. The van der Waals surface area contributed by atoms with Gasteiger partial charge >= 0.3 is 0 Å². The van der Waals surface area contributed by atoms with E-state index in [0.29, 0.717) is 12.1 Å². The van der Waals surface area contributed by atoms with Crippen molar-refractivity contribution in [3.05, 3.63) is 53.0 Å². The molecule has 0 aliphatic heterocycles. The Bertz CT molecular complexity index is 638. The highest BCUT2D eigenvalue weighted by molar-refractivity contribution is 5.58. The Kier molecular flexibility index (Phi) is 4.11. The molecular weight excluding hydrogens is 252 g/mol. The quantitative estimate of drug-likeness (QED) is 0.927. The third kappa shape index (κ3) is 3.01. The van der Waals surface area contributed by atoms with Crippen LogP contribution in [0.2, 0.25) is 0 Å². The van der Waals surface area contributed by atoms with Crippen molar-refractivity contribution in [2.75, 3.05) is 11.9 Å². The molecule has 1 aromatic carbocycles. The lowest BCUT2D eigenvalue weighted by Crippen LogP contribution is -2.18. The molecule has 1 aromatic heterocycles. The molecule has 104 valence electrons. The molecule has 4 nitrogen and oxygen atoms in total. The van der Waals surface area contributed by atoms with Crippen LogP contribution in [-0.4, -0.2) is 12.2 Å². The summed E-state index contributed by atoms with van der Waals surface area (Å²) in [7, 11) is 1.92. The molecule has 0 bridgehead atoms. The van der Waals surface area contributed by atoms with Gasteiger partial charge in [-0.05, 0) is 38.1 Å². The van der Waals surface area contributed by atoms with E-state index in [-0.39, 0.29) is 0 Å². The Labute approximate surface area is 118 Å². The van der Waals surface area contributed by atoms with Gasteiger partial charge in [0.25, 0.3) is 0 Å². The maximum absolute atomic E-state index is 9.85. The van der Waals surface area contributed by atoms with Crippen LogP contribution in [0, 0.1) is 18.3 Å². The van der Waals surface area contributed by atoms with Gasteiger partial charge in [-0.2, -0.15) is 5.26 Å². The van der Waals surface area contributed by atoms with E-state index in [0.717, 1.165) is 22.8 Å². The zero-order valence-corrected chi connectivity index (χ0v) is 11.9. The van der Waals surface area contributed by atoms with Gasteiger partial charge in [-0.25, -0.2) is 0 Å². The topological polar surface area (TPSA) is 60.4 Å². The summed E-state index contributed by atoms with van der Waals surface area (Å²) >= 11 is 0. The van der Waals surface area contributed by atoms with Gasteiger partial charge in [0, 0.05) is 18.3 Å². The predicted molar refractivity (Wildman–Crippen MR) is 77.3 cm³/mol. The van der Waals surface area contributed by atoms with Crippen LogP contribution < -0.4 is 4.90 Å². The SMILES string of the molecule is Cc1ccc(CN(C)c2cc(C#N)ccc2[C@H](C)O)o1. The summed E-state index contributed by atoms with van der Waals surface area (Å²) in [6, 6.07) is 11.3. The maximum atomic E-state index is 9.85. The third-order valence-electron chi connectivity index (χ3n) is 3.21. The summed E-state index contributed by atoms with van der Waals surface area (Å²) in [5, 5.41) is 18.9. The van der Waals surface area contributed by atoms with Crippen molar-refractivity contribution in [2.45, 2.75) is 26.5 Å². The molecule has 1 N–H and O–H groups in total. The van der Waals surface area contributed by atoms with Crippen molar-refractivity contribution in [3.8, 4) is 6.07 Å². The Morgan fingerprint density at radius 1 is 1.35 bits per heavy atom. The molecule has 0 unspecified atom stereocenters. The van der Waals surface area contributed by atoms with Gasteiger partial charge < -0.3 is 14.4 Å². The third-order valence-corrected chi connectivity index (χ3v) is 3.21. The molecule has 2 rings (SSSR count). The van der Waals surface area contributed by atoms with Crippen LogP contribution in [0.15, 0.2) is 34.7 Å². The average molecular weight is 270 g/mol. The van der Waals surface area contributed by atoms with Gasteiger partial charge in [0.05, 0.1) is 24.3 Å². The molecule has 1 heterocycles. The van der Waals surface area contributed by atoms with Crippen molar-refractivity contribution in [1.82, 2.24) is 0 Å². The van der Waals surface area contributed by atoms with E-state index >= 15 is 0 Å². The van der Waals surface area contributed by atoms with Crippen LogP contribution in [0.25, 0.3) is 0 Å². The molecule has 0 aliphatic rings. The summed E-state index contributed by atoms with van der Waals surface area (Å²) < 4.78 is 5.56. The second-order valence-electron chi connectivity index (χ2n) is 4.93. The molecule has 1 atom stereocenters. The van der Waals surface area contributed by atoms with E-state index in [9.17, 15) is 5.11 Å². The van der Waals surface area contributed by atoms with E-state index < -0.39 is 6.10 Å². The van der Waals surface area contributed by atoms with Crippen LogP contribution in [0.1, 0.15) is 35.7 Å². The van der Waals surface area contributed by atoms with Crippen molar-refractivity contribution >= 4 is 5.69 Å². The number of furan rings is 1. The number of benzene rings is 1. The molecule has 0 spiro atoms. The van der Waals surface area contributed by atoms with Gasteiger partial charge in [0.1, 0.15) is 11.5 Å². The molecule has 0 saturated carbocycles. The summed E-state index contributed by atoms with van der Waals surface area (Å²) in [4.78, 5) is 1.97. The fourth-order valence-corrected chi connectivity index (χ4v) is 2.19. The summed E-state index contributed by atoms with van der Waals surface area (Å²) in [6.07, 6.45) is -0.585. The molecule has 4 heteroatoms. The second kappa shape index (κ2) is 5.81. The molecule has 0 amide bonds. The molecular formula is C16H18N2O2. The van der Waals surface area contributed by atoms with Crippen molar-refractivity contribution < 1.29 is 9.52 Å². The van der Waals surface area contributed by atoms with E-state index in [2.05, 4.69) is 6.07 Å². The predicted octanol–water partition coefficient (Wildman–Crippen LogP) is 3.15. The molecule has 0 aliphatic carbocycles. The molecule has 2 aromatic rings. The first-order valence-electron chi connectivity index (χ1n) is 6.50. The largest absolute Gasteiger partial charge is 0.464 e. The molecule has 0 fully saturated rings. The Balaban J connectivity index is 2.32. The van der Waals surface area contributed by atoms with Crippen molar-refractivity contribution in [1.29, 1.82) is 5.26 Å². The maximum Gasteiger partial charge on any atom is 0.123 e. The van der Waals surface area contributed by atoms with Crippen LogP contribution in [0.4, 0.5) is 5.69 Å². The van der Waals surface area contributed by atoms with E-state index in [1.165, 1.54) is 0 Å². The first-order chi connectivity index (χ1) is 9.51. The fraction of sp³-hybridized carbons (Fsp3) is 0.312. The van der Waals surface area contributed by atoms with Crippen LogP contribution in [0.3, 0.4) is 0 Å². The number of hydrogen-bond acceptors (Lipinski definition) is 4. The normalized spacial score (nSPS) is 11.9. The lowest BCUT2D eigenvalue weighted by Gasteiger charge is -2.23. The number of aliphatic hydroxyl groups is 1. The molecule has 0 radical (unpaired) electrons. The summed E-state index contributed by atoms with van der Waals surface area (Å²) in [5.41, 5.74) is 2.22. The average Bonchev–Trinajstić information content (AvgIpc) is 2.83. The number of nitrogens with zero attached hydrogens (tertiary/aromatic N) is 2. The van der Waals surface area contributed by atoms with Crippen LogP contribution >= 0.6 is 0 Å². The minimum absolute atomic E-state index is 0.576. The number of hydrogen-bond donors (Lipinski definition) is 1. The van der Waals surface area contributed by atoms with Crippen molar-refractivity contribution in [2.24, 2.45) is 0 Å². The summed E-state index contributed by atoms with van der Waals surface area (Å²) in [6.45, 7) is 4.21. The second-order valence-corrected chi connectivity index (χ2v) is 4.93. The van der Waals surface area contributed by atoms with Gasteiger partial charge in [0.2, 0.25) is 0 Å². The smallest absolute Gasteiger partial charge is 0.123 e. The summed E-state index contributed by atoms with van der Waals surface area (Å²) in [5.74, 6) is 1.72. The fourth-order valence-electron chi connectivity index (χ4n) is 2.19. The number of anilines is 1. The van der Waals surface area contributed by atoms with E-state index in [1.54, 1.807) is 25.1 Å². The zero-order valence-electron chi connectivity index (χ0n) is 11.9. The number of rotatable bonds is 4. The standard InChI is InChI=1S/C16H18N2O2/c1-11-4-6-14(20-11)10-18(3)16-8-13(9-17)5-7-15(16)12(2)19/h4-8,12,19H,10H2,1-3H3/t12-/m0/s1. The first kappa shape index (κ1) is 14.2. The Morgan fingerprint density at radius 2 is 2.10 bits per heavy atom. The molecule has 0 saturated heterocycles. The lowest BCUT2D eigenvalue weighted by molar-refractivity contribution is 0.199. The van der Waals surface area contributed by atoms with Crippen LogP contribution in [-0.2, 0) is 6.54 Å². The highest BCUT2D eigenvalue weighted by Crippen LogP contribution is 2.28. The van der Waals surface area contributed by atoms with Gasteiger partial charge in [-0.3, -0.25) is 0 Å². The van der Waals surface area contributed by atoms with Gasteiger partial charge in [0.15, 0.2) is 0 Å². The van der Waals surface area contributed by atoms with Gasteiger partial charge in [-0.15, -0.1) is 0 Å². The number of nitriles is 1. The Hall–Kier alpha value is -2.25. The van der Waals surface area contributed by atoms with E-state index in [1.807, 2.05) is 31.0 Å². The van der Waals surface area contributed by atoms with Crippen LogP contribution in [0.5, 0.6) is 0 Å². The highest BCUT2D eigenvalue weighted by atomic mass is 16.3. The van der Waals surface area contributed by atoms with Crippen molar-refractivity contribution in [3.63, 3.8) is 0 Å². The minimum atomic E-state index is -0.585. The number of aliphatic hydroxyl groups excluding tert-OH is 1. The van der Waals surface area contributed by atoms with E-state index in [4.69, 9.17) is 9.68 Å². The lowest BCUT2D eigenvalue weighted by atomic mass is 10.0. The highest BCUT2D eigenvalue weighted by Gasteiger charge is 2.14. The monoisotopic (exact) mass is 270 g/mol. The first-order valence-corrected chi connectivity index (χ1v) is 6.50. The zero-order chi connectivity index (χ0) is 14.7. The minimum Gasteiger partial charge on any atom is -0.464 e.